The molecule has 2 aromatic rings. The predicted molar refractivity (Wildman–Crippen MR) is 88.7 cm³/mol. The molecular weight excluding hydrogens is 298 g/mol. The molecule has 0 unspecified atom stereocenters. The van der Waals surface area contributed by atoms with Crippen molar-refractivity contribution in [2.24, 2.45) is 0 Å². The summed E-state index contributed by atoms with van der Waals surface area (Å²) in [6.45, 7) is 6.53. The molecule has 122 valence electrons. The number of nitrogens with one attached hydrogen (secondary N) is 2. The van der Waals surface area contributed by atoms with E-state index in [1.54, 1.807) is 0 Å². The molecular formula is C18H20F2N2O. The number of benzene rings is 2. The van der Waals surface area contributed by atoms with E-state index in [2.05, 4.69) is 22.8 Å². The van der Waals surface area contributed by atoms with Gasteiger partial charge in [-0.15, -0.1) is 0 Å². The molecule has 3 nitrogen and oxygen atoms in total. The summed E-state index contributed by atoms with van der Waals surface area (Å²) in [6, 6.07) is 7.45. The van der Waals surface area contributed by atoms with Crippen molar-refractivity contribution in [3.8, 4) is 0 Å². The second-order valence-electron chi connectivity index (χ2n) is 5.63. The summed E-state index contributed by atoms with van der Waals surface area (Å²) in [7, 11) is 0. The standard InChI is InChI=1S/C18H20F2N2O/c1-11-8-12(2)18(13(3)9-11)21-7-6-17(23)22-14-4-5-15(19)16(20)10-14/h4-5,8-10,21H,6-7H2,1-3H3,(H,22,23). The quantitative estimate of drug-likeness (QED) is 0.861. The summed E-state index contributed by atoms with van der Waals surface area (Å²) in [5.41, 5.74) is 4.72. The second kappa shape index (κ2) is 7.22. The minimum absolute atomic E-state index is 0.228. The van der Waals surface area contributed by atoms with Gasteiger partial charge >= 0.3 is 0 Å². The highest BCUT2D eigenvalue weighted by atomic mass is 19.2. The first-order valence-electron chi connectivity index (χ1n) is 7.43. The van der Waals surface area contributed by atoms with E-state index in [1.165, 1.54) is 11.6 Å². The van der Waals surface area contributed by atoms with E-state index < -0.39 is 11.6 Å². The van der Waals surface area contributed by atoms with Crippen LogP contribution in [0.25, 0.3) is 0 Å². The number of aryl methyl sites for hydroxylation is 3. The summed E-state index contributed by atoms with van der Waals surface area (Å²) in [5.74, 6) is -2.17. The second-order valence-corrected chi connectivity index (χ2v) is 5.63. The van der Waals surface area contributed by atoms with Gasteiger partial charge in [0.2, 0.25) is 5.91 Å². The van der Waals surface area contributed by atoms with E-state index in [-0.39, 0.29) is 18.0 Å². The van der Waals surface area contributed by atoms with Gasteiger partial charge in [0.25, 0.3) is 0 Å². The third kappa shape index (κ3) is 4.52. The Balaban J connectivity index is 1.89. The van der Waals surface area contributed by atoms with Gasteiger partial charge in [-0.05, 0) is 44.0 Å². The zero-order chi connectivity index (χ0) is 17.0. The lowest BCUT2D eigenvalue weighted by Crippen LogP contribution is -2.17. The molecule has 0 atom stereocenters. The molecule has 0 fully saturated rings. The zero-order valence-electron chi connectivity index (χ0n) is 13.5. The third-order valence-corrected chi connectivity index (χ3v) is 3.53. The van der Waals surface area contributed by atoms with Gasteiger partial charge < -0.3 is 10.6 Å². The van der Waals surface area contributed by atoms with Gasteiger partial charge in [-0.1, -0.05) is 17.7 Å². The normalized spacial score (nSPS) is 10.5. The van der Waals surface area contributed by atoms with E-state index in [4.69, 9.17) is 0 Å². The monoisotopic (exact) mass is 318 g/mol. The molecule has 0 aliphatic heterocycles. The number of halogens is 2. The van der Waals surface area contributed by atoms with Crippen LogP contribution in [0.1, 0.15) is 23.1 Å². The minimum Gasteiger partial charge on any atom is -0.384 e. The topological polar surface area (TPSA) is 41.1 Å². The maximum absolute atomic E-state index is 13.1. The lowest BCUT2D eigenvalue weighted by molar-refractivity contribution is -0.115. The maximum Gasteiger partial charge on any atom is 0.226 e. The van der Waals surface area contributed by atoms with Crippen molar-refractivity contribution in [2.45, 2.75) is 27.2 Å². The summed E-state index contributed by atoms with van der Waals surface area (Å²) in [6.07, 6.45) is 0.228. The molecule has 0 heterocycles. The number of carbonyl (C=O) groups is 1. The minimum atomic E-state index is -0.980. The van der Waals surface area contributed by atoms with Crippen molar-refractivity contribution in [1.29, 1.82) is 0 Å². The number of rotatable bonds is 5. The number of anilines is 2. The first kappa shape index (κ1) is 16.9. The summed E-state index contributed by atoms with van der Waals surface area (Å²) in [4.78, 5) is 11.9. The fraction of sp³-hybridized carbons (Fsp3) is 0.278. The molecule has 0 aliphatic rings. The lowest BCUT2D eigenvalue weighted by Gasteiger charge is -2.14. The molecule has 0 saturated heterocycles. The van der Waals surface area contributed by atoms with Crippen molar-refractivity contribution in [2.75, 3.05) is 17.2 Å². The average Bonchev–Trinajstić information content (AvgIpc) is 2.45. The molecule has 5 heteroatoms. The Labute approximate surface area is 134 Å². The van der Waals surface area contributed by atoms with E-state index >= 15 is 0 Å². The Bertz CT molecular complexity index is 706. The van der Waals surface area contributed by atoms with Crippen LogP contribution in [0.5, 0.6) is 0 Å². The van der Waals surface area contributed by atoms with E-state index in [1.807, 2.05) is 20.8 Å². The van der Waals surface area contributed by atoms with Crippen LogP contribution in [0.4, 0.5) is 20.2 Å². The molecule has 2 N–H and O–H groups in total. The molecule has 2 rings (SSSR count). The van der Waals surface area contributed by atoms with E-state index in [0.29, 0.717) is 6.54 Å². The Hall–Kier alpha value is -2.43. The Morgan fingerprint density at radius 3 is 2.26 bits per heavy atom. The van der Waals surface area contributed by atoms with Gasteiger partial charge in [-0.25, -0.2) is 8.78 Å². The number of carbonyl (C=O) groups excluding carboxylic acids is 1. The van der Waals surface area contributed by atoms with Crippen LogP contribution in [-0.2, 0) is 4.79 Å². The maximum atomic E-state index is 13.1. The smallest absolute Gasteiger partial charge is 0.226 e. The van der Waals surface area contributed by atoms with Crippen molar-refractivity contribution in [3.05, 3.63) is 58.7 Å². The summed E-state index contributed by atoms with van der Waals surface area (Å²) in [5, 5.41) is 5.80. The van der Waals surface area contributed by atoms with Crippen LogP contribution in [0.3, 0.4) is 0 Å². The van der Waals surface area contributed by atoms with Crippen LogP contribution >= 0.6 is 0 Å². The number of amides is 1. The molecule has 0 aromatic heterocycles. The van der Waals surface area contributed by atoms with Gasteiger partial charge in [0.1, 0.15) is 0 Å². The molecule has 1 amide bonds. The van der Waals surface area contributed by atoms with Crippen LogP contribution in [0.15, 0.2) is 30.3 Å². The summed E-state index contributed by atoms with van der Waals surface area (Å²) >= 11 is 0. The van der Waals surface area contributed by atoms with Crippen LogP contribution in [0, 0.1) is 32.4 Å². The Kier molecular flexibility index (Phi) is 5.32. The first-order chi connectivity index (χ1) is 10.9. The molecule has 2 aromatic carbocycles. The SMILES string of the molecule is Cc1cc(C)c(NCCC(=O)Nc2ccc(F)c(F)c2)c(C)c1. The van der Waals surface area contributed by atoms with Crippen LogP contribution in [-0.4, -0.2) is 12.5 Å². The highest BCUT2D eigenvalue weighted by Gasteiger charge is 2.07. The van der Waals surface area contributed by atoms with Gasteiger partial charge in [-0.2, -0.15) is 0 Å². The third-order valence-electron chi connectivity index (χ3n) is 3.53. The van der Waals surface area contributed by atoms with Crippen molar-refractivity contribution >= 4 is 17.3 Å². The first-order valence-corrected chi connectivity index (χ1v) is 7.43. The number of hydrogen-bond donors (Lipinski definition) is 2. The zero-order valence-corrected chi connectivity index (χ0v) is 13.5. The van der Waals surface area contributed by atoms with Gasteiger partial charge in [0, 0.05) is 30.4 Å². The fourth-order valence-electron chi connectivity index (χ4n) is 2.56. The Morgan fingerprint density at radius 2 is 1.65 bits per heavy atom. The highest BCUT2D eigenvalue weighted by Crippen LogP contribution is 2.21. The average molecular weight is 318 g/mol. The molecule has 0 radical (unpaired) electrons. The van der Waals surface area contributed by atoms with Gasteiger partial charge in [0.15, 0.2) is 11.6 Å². The molecule has 0 aliphatic carbocycles. The van der Waals surface area contributed by atoms with Crippen LogP contribution < -0.4 is 10.6 Å². The van der Waals surface area contributed by atoms with E-state index in [9.17, 15) is 13.6 Å². The largest absolute Gasteiger partial charge is 0.384 e. The highest BCUT2D eigenvalue weighted by molar-refractivity contribution is 5.91. The van der Waals surface area contributed by atoms with Gasteiger partial charge in [-0.3, -0.25) is 4.79 Å². The van der Waals surface area contributed by atoms with E-state index in [0.717, 1.165) is 28.9 Å². The molecule has 0 saturated carbocycles. The molecule has 0 bridgehead atoms. The fourth-order valence-corrected chi connectivity index (χ4v) is 2.56. The van der Waals surface area contributed by atoms with Crippen LogP contribution in [0.2, 0.25) is 0 Å². The summed E-state index contributed by atoms with van der Waals surface area (Å²) < 4.78 is 25.9. The van der Waals surface area contributed by atoms with Crippen molar-refractivity contribution in [3.63, 3.8) is 0 Å². The predicted octanol–water partition coefficient (Wildman–Crippen LogP) is 4.33. The Morgan fingerprint density at radius 1 is 1.00 bits per heavy atom. The van der Waals surface area contributed by atoms with Crippen molar-refractivity contribution < 1.29 is 13.6 Å². The lowest BCUT2D eigenvalue weighted by atomic mass is 10.1. The number of hydrogen-bond acceptors (Lipinski definition) is 2. The molecule has 23 heavy (non-hydrogen) atoms. The van der Waals surface area contributed by atoms with Gasteiger partial charge in [0.05, 0.1) is 0 Å². The molecule has 0 spiro atoms. The van der Waals surface area contributed by atoms with Crippen molar-refractivity contribution in [1.82, 2.24) is 0 Å².